The number of alkyl halides is 1. The second kappa shape index (κ2) is 20.8. The first kappa shape index (κ1) is 35.1. The van der Waals surface area contributed by atoms with E-state index in [4.69, 9.17) is 44.3 Å². The van der Waals surface area contributed by atoms with Crippen LogP contribution < -0.4 is 5.32 Å². The van der Waals surface area contributed by atoms with Crippen LogP contribution in [0.4, 0.5) is 0 Å². The summed E-state index contributed by atoms with van der Waals surface area (Å²) in [7, 11) is 0. The number of nitrogens with one attached hydrogen (secondary N) is 1. The van der Waals surface area contributed by atoms with Gasteiger partial charge in [0.25, 0.3) is 0 Å². The first-order valence-electron chi connectivity index (χ1n) is 13.8. The van der Waals surface area contributed by atoms with E-state index in [9.17, 15) is 9.59 Å². The lowest BCUT2D eigenvalue weighted by molar-refractivity contribution is -0.145. The number of halogens is 3. The van der Waals surface area contributed by atoms with E-state index >= 15 is 0 Å². The van der Waals surface area contributed by atoms with E-state index in [-0.39, 0.29) is 11.9 Å². The fraction of sp³-hybridized carbons (Fsp3) is 0.571. The highest BCUT2D eigenvalue weighted by Crippen LogP contribution is 2.10. The van der Waals surface area contributed by atoms with Crippen molar-refractivity contribution in [2.24, 2.45) is 0 Å². The molecule has 13 heteroatoms. The minimum atomic E-state index is -0.136. The Labute approximate surface area is 258 Å². The summed E-state index contributed by atoms with van der Waals surface area (Å²) in [6, 6.07) is 7.38. The highest BCUT2D eigenvalue weighted by atomic mass is 35.5. The zero-order chi connectivity index (χ0) is 29.9. The first-order chi connectivity index (χ1) is 19.8. The highest BCUT2D eigenvalue weighted by Gasteiger charge is 2.19. The molecule has 2 aliphatic heterocycles. The maximum absolute atomic E-state index is 11.4. The monoisotopic (exact) mass is 630 g/mol. The van der Waals surface area contributed by atoms with Gasteiger partial charge in [-0.15, -0.1) is 11.6 Å². The topological polar surface area (TPSA) is 100 Å². The summed E-state index contributed by atoms with van der Waals surface area (Å²) in [5, 5.41) is 4.25. The van der Waals surface area contributed by atoms with Crippen LogP contribution in [0.2, 0.25) is 10.3 Å². The molecule has 4 rings (SSSR count). The maximum Gasteiger partial charge on any atom is 0.320 e. The van der Waals surface area contributed by atoms with Crippen LogP contribution in [0.1, 0.15) is 25.0 Å². The number of nitrogens with zero attached hydrogens (tertiary/aromatic N) is 5. The third kappa shape index (κ3) is 15.7. The van der Waals surface area contributed by atoms with Gasteiger partial charge in [0.05, 0.1) is 26.3 Å². The third-order valence-corrected chi connectivity index (χ3v) is 6.88. The zero-order valence-electron chi connectivity index (χ0n) is 23.9. The molecule has 0 radical (unpaired) electrons. The molecule has 2 aromatic rings. The molecule has 0 bridgehead atoms. The van der Waals surface area contributed by atoms with E-state index in [1.165, 1.54) is 0 Å². The number of carbonyl (C=O) groups is 2. The largest absolute Gasteiger partial charge is 0.465 e. The van der Waals surface area contributed by atoms with Crippen LogP contribution in [-0.2, 0) is 31.5 Å². The van der Waals surface area contributed by atoms with Crippen LogP contribution in [0.15, 0.2) is 36.7 Å². The fourth-order valence-electron chi connectivity index (χ4n) is 4.00. The van der Waals surface area contributed by atoms with Gasteiger partial charge in [0.15, 0.2) is 0 Å². The summed E-state index contributed by atoms with van der Waals surface area (Å²) in [5.74, 6) is 0.242. The molecule has 0 aliphatic carbocycles. The van der Waals surface area contributed by atoms with Crippen molar-refractivity contribution in [3.63, 3.8) is 0 Å². The number of hydrogen-bond acceptors (Lipinski definition) is 10. The van der Waals surface area contributed by atoms with Gasteiger partial charge in [-0.3, -0.25) is 24.3 Å². The smallest absolute Gasteiger partial charge is 0.320 e. The molecule has 0 atom stereocenters. The lowest BCUT2D eigenvalue weighted by atomic mass is 10.2. The number of aromatic nitrogens is 2. The Hall–Kier alpha value is -2.05. The van der Waals surface area contributed by atoms with Crippen LogP contribution in [0.5, 0.6) is 0 Å². The van der Waals surface area contributed by atoms with Crippen molar-refractivity contribution in [1.82, 2.24) is 30.0 Å². The highest BCUT2D eigenvalue weighted by molar-refractivity contribution is 6.29. The van der Waals surface area contributed by atoms with Crippen molar-refractivity contribution >= 4 is 46.7 Å². The fourth-order valence-corrected chi connectivity index (χ4v) is 4.38. The quantitative estimate of drug-likeness (QED) is 0.252. The first-order valence-corrected chi connectivity index (χ1v) is 15.1. The van der Waals surface area contributed by atoms with Gasteiger partial charge in [-0.2, -0.15) is 0 Å². The summed E-state index contributed by atoms with van der Waals surface area (Å²) < 4.78 is 9.81. The molecule has 0 amide bonds. The van der Waals surface area contributed by atoms with Gasteiger partial charge in [0.1, 0.15) is 10.3 Å². The van der Waals surface area contributed by atoms with Crippen molar-refractivity contribution in [1.29, 1.82) is 0 Å². The molecule has 41 heavy (non-hydrogen) atoms. The molecule has 0 saturated carbocycles. The molecule has 228 valence electrons. The number of piperazine rings is 2. The summed E-state index contributed by atoms with van der Waals surface area (Å²) in [4.78, 5) is 37.0. The Morgan fingerprint density at radius 3 is 1.66 bits per heavy atom. The van der Waals surface area contributed by atoms with E-state index in [1.807, 2.05) is 38.2 Å². The SMILES string of the molecule is CCOC(=O)CN1CCN(Cc2ccc(Cl)nc2)CC1.CCOC(=O)CN1CCNCC1.ClCc1ccc(Cl)nc1. The predicted molar refractivity (Wildman–Crippen MR) is 162 cm³/mol. The molecular formula is C28H41Cl3N6O4. The standard InChI is InChI=1S/C14H20ClN3O2.C8H16N2O2.C6H5Cl2N/c1-2-20-14(19)11-18-7-5-17(6-8-18)10-12-3-4-13(15)16-9-12;1-2-12-8(11)7-10-5-3-9-4-6-10;7-3-5-1-2-6(8)9-4-5/h3-4,9H,2,5-8,10-11H2,1H3;9H,2-7H2,1H3;1-2,4H,3H2. The van der Waals surface area contributed by atoms with E-state index in [1.54, 1.807) is 12.3 Å². The minimum Gasteiger partial charge on any atom is -0.465 e. The summed E-state index contributed by atoms with van der Waals surface area (Å²) in [6.45, 7) is 13.8. The van der Waals surface area contributed by atoms with Crippen LogP contribution in [-0.4, -0.2) is 115 Å². The minimum absolute atomic E-state index is 0.112. The summed E-state index contributed by atoms with van der Waals surface area (Å²) in [6.07, 6.45) is 3.47. The Morgan fingerprint density at radius 1 is 0.756 bits per heavy atom. The molecule has 0 unspecified atom stereocenters. The molecule has 0 spiro atoms. The molecule has 0 aromatic carbocycles. The number of pyridine rings is 2. The molecule has 10 nitrogen and oxygen atoms in total. The zero-order valence-corrected chi connectivity index (χ0v) is 26.1. The number of rotatable bonds is 9. The van der Waals surface area contributed by atoms with Crippen LogP contribution in [0.3, 0.4) is 0 Å². The van der Waals surface area contributed by atoms with E-state index in [2.05, 4.69) is 30.0 Å². The molecule has 2 aromatic heterocycles. The number of carbonyl (C=O) groups excluding carboxylic acids is 2. The van der Waals surface area contributed by atoms with Crippen molar-refractivity contribution in [2.75, 3.05) is 78.7 Å². The average molecular weight is 632 g/mol. The van der Waals surface area contributed by atoms with E-state index in [0.717, 1.165) is 70.0 Å². The molecule has 2 aliphatic rings. The Morgan fingerprint density at radius 2 is 1.22 bits per heavy atom. The summed E-state index contributed by atoms with van der Waals surface area (Å²) >= 11 is 16.8. The third-order valence-electron chi connectivity index (χ3n) is 6.13. The van der Waals surface area contributed by atoms with Crippen molar-refractivity contribution in [3.05, 3.63) is 58.1 Å². The van der Waals surface area contributed by atoms with Gasteiger partial charge in [-0.1, -0.05) is 35.3 Å². The van der Waals surface area contributed by atoms with Crippen LogP contribution >= 0.6 is 34.8 Å². The second-order valence-corrected chi connectivity index (χ2v) is 10.3. The lowest BCUT2D eigenvalue weighted by Crippen LogP contribution is -2.47. The van der Waals surface area contributed by atoms with Crippen LogP contribution in [0, 0.1) is 0 Å². The second-order valence-electron chi connectivity index (χ2n) is 9.30. The summed E-state index contributed by atoms with van der Waals surface area (Å²) in [5.41, 5.74) is 2.15. The lowest BCUT2D eigenvalue weighted by Gasteiger charge is -2.34. The average Bonchev–Trinajstić information content (AvgIpc) is 2.97. The Bertz CT molecular complexity index is 1000. The molecule has 1 N–H and O–H groups in total. The van der Waals surface area contributed by atoms with Gasteiger partial charge >= 0.3 is 11.9 Å². The van der Waals surface area contributed by atoms with Gasteiger partial charge in [0.2, 0.25) is 0 Å². The Kier molecular flexibility index (Phi) is 17.8. The van der Waals surface area contributed by atoms with Crippen LogP contribution in [0.25, 0.3) is 0 Å². The molecule has 2 saturated heterocycles. The molecule has 2 fully saturated rings. The van der Waals surface area contributed by atoms with E-state index < -0.39 is 0 Å². The normalized spacial score (nSPS) is 16.0. The maximum atomic E-state index is 11.4. The van der Waals surface area contributed by atoms with Crippen molar-refractivity contribution in [3.8, 4) is 0 Å². The number of hydrogen-bond donors (Lipinski definition) is 1. The predicted octanol–water partition coefficient (Wildman–Crippen LogP) is 3.34. The van der Waals surface area contributed by atoms with Crippen molar-refractivity contribution in [2.45, 2.75) is 26.3 Å². The van der Waals surface area contributed by atoms with Crippen molar-refractivity contribution < 1.29 is 19.1 Å². The number of esters is 2. The van der Waals surface area contributed by atoms with Gasteiger partial charge in [0, 0.05) is 77.2 Å². The Balaban J connectivity index is 0.000000237. The molecular weight excluding hydrogens is 591 g/mol. The number of ether oxygens (including phenoxy) is 2. The van der Waals surface area contributed by atoms with Gasteiger partial charge < -0.3 is 14.8 Å². The van der Waals surface area contributed by atoms with Gasteiger partial charge in [-0.05, 0) is 37.1 Å². The van der Waals surface area contributed by atoms with Gasteiger partial charge in [-0.25, -0.2) is 9.97 Å². The van der Waals surface area contributed by atoms with E-state index in [0.29, 0.717) is 42.5 Å². The molecule has 4 heterocycles.